The second-order valence-corrected chi connectivity index (χ2v) is 6.38. The predicted molar refractivity (Wildman–Crippen MR) is 93.6 cm³/mol. The quantitative estimate of drug-likeness (QED) is 0.862. The van der Waals surface area contributed by atoms with Crippen molar-refractivity contribution >= 4 is 16.8 Å². The molecule has 0 aliphatic carbocycles. The van der Waals surface area contributed by atoms with Crippen molar-refractivity contribution in [3.63, 3.8) is 0 Å². The number of benzene rings is 1. The fourth-order valence-corrected chi connectivity index (χ4v) is 3.26. The van der Waals surface area contributed by atoms with E-state index in [-0.39, 0.29) is 5.91 Å². The van der Waals surface area contributed by atoms with Crippen LogP contribution < -0.4 is 5.32 Å². The molecule has 0 unspecified atom stereocenters. The van der Waals surface area contributed by atoms with Gasteiger partial charge in [0.1, 0.15) is 5.69 Å². The van der Waals surface area contributed by atoms with Crippen LogP contribution in [0.4, 0.5) is 0 Å². The monoisotopic (exact) mass is 311 g/mol. The molecule has 1 fully saturated rings. The molecule has 1 aromatic heterocycles. The lowest BCUT2D eigenvalue weighted by Gasteiger charge is -2.33. The third kappa shape index (κ3) is 4.08. The molecule has 3 rings (SSSR count). The normalized spacial score (nSPS) is 18.9. The van der Waals surface area contributed by atoms with E-state index in [2.05, 4.69) is 22.1 Å². The van der Waals surface area contributed by atoms with Gasteiger partial charge in [-0.05, 0) is 44.9 Å². The zero-order valence-corrected chi connectivity index (χ0v) is 13.8. The number of fused-ring (bicyclic) bond motifs is 1. The van der Waals surface area contributed by atoms with Crippen LogP contribution in [-0.2, 0) is 0 Å². The third-order valence-corrected chi connectivity index (χ3v) is 4.68. The molecule has 1 aliphatic rings. The standard InChI is InChI=1S/C19H25N3O/c1-15-7-4-5-13-22(15)14-6-12-20-19(23)18-11-10-16-8-2-3-9-17(16)21-18/h2-3,8-11,15H,4-7,12-14H2,1H3,(H,20,23)/t15-/m1/s1. The second-order valence-electron chi connectivity index (χ2n) is 6.38. The van der Waals surface area contributed by atoms with E-state index in [1.54, 1.807) is 6.07 Å². The van der Waals surface area contributed by atoms with Crippen molar-refractivity contribution in [1.29, 1.82) is 0 Å². The summed E-state index contributed by atoms with van der Waals surface area (Å²) in [4.78, 5) is 19.2. The number of amides is 1. The summed E-state index contributed by atoms with van der Waals surface area (Å²) in [7, 11) is 0. The van der Waals surface area contributed by atoms with E-state index < -0.39 is 0 Å². The molecule has 1 N–H and O–H groups in total. The van der Waals surface area contributed by atoms with Crippen LogP contribution in [0.2, 0.25) is 0 Å². The highest BCUT2D eigenvalue weighted by molar-refractivity contribution is 5.94. The minimum Gasteiger partial charge on any atom is -0.351 e. The van der Waals surface area contributed by atoms with Gasteiger partial charge in [0.2, 0.25) is 0 Å². The number of nitrogens with one attached hydrogen (secondary N) is 1. The molecule has 1 atom stereocenters. The van der Waals surface area contributed by atoms with Crippen molar-refractivity contribution in [2.24, 2.45) is 0 Å². The Morgan fingerprint density at radius 1 is 1.26 bits per heavy atom. The summed E-state index contributed by atoms with van der Waals surface area (Å²) in [5, 5.41) is 4.05. The van der Waals surface area contributed by atoms with Crippen molar-refractivity contribution in [3.05, 3.63) is 42.1 Å². The average Bonchev–Trinajstić information content (AvgIpc) is 2.59. The number of aromatic nitrogens is 1. The number of para-hydroxylation sites is 1. The first-order valence-corrected chi connectivity index (χ1v) is 8.62. The molecule has 1 aromatic carbocycles. The fourth-order valence-electron chi connectivity index (χ4n) is 3.26. The summed E-state index contributed by atoms with van der Waals surface area (Å²) in [5.74, 6) is -0.0811. The minimum absolute atomic E-state index is 0.0811. The highest BCUT2D eigenvalue weighted by atomic mass is 16.1. The van der Waals surface area contributed by atoms with Gasteiger partial charge in [0.05, 0.1) is 5.52 Å². The molecule has 2 aromatic rings. The Kier molecular flexibility index (Phi) is 5.23. The first-order chi connectivity index (χ1) is 11.2. The Bertz CT molecular complexity index is 670. The van der Waals surface area contributed by atoms with Crippen LogP contribution in [0.15, 0.2) is 36.4 Å². The van der Waals surface area contributed by atoms with Crippen molar-refractivity contribution in [3.8, 4) is 0 Å². The first kappa shape index (κ1) is 15.9. The van der Waals surface area contributed by atoms with Crippen molar-refractivity contribution < 1.29 is 4.79 Å². The molecule has 0 saturated carbocycles. The molecule has 2 heterocycles. The number of likely N-dealkylation sites (tertiary alicyclic amines) is 1. The van der Waals surface area contributed by atoms with Crippen molar-refractivity contribution in [2.75, 3.05) is 19.6 Å². The van der Waals surface area contributed by atoms with E-state index in [4.69, 9.17) is 0 Å². The van der Waals surface area contributed by atoms with Crippen LogP contribution in [0.5, 0.6) is 0 Å². The third-order valence-electron chi connectivity index (χ3n) is 4.68. The first-order valence-electron chi connectivity index (χ1n) is 8.62. The molecule has 1 saturated heterocycles. The van der Waals surface area contributed by atoms with Gasteiger partial charge in [-0.15, -0.1) is 0 Å². The molecule has 1 amide bonds. The zero-order valence-electron chi connectivity index (χ0n) is 13.8. The highest BCUT2D eigenvalue weighted by Crippen LogP contribution is 2.16. The summed E-state index contributed by atoms with van der Waals surface area (Å²) in [6.45, 7) is 5.27. The number of rotatable bonds is 5. The number of pyridine rings is 1. The van der Waals surface area contributed by atoms with Crippen LogP contribution in [0, 0.1) is 0 Å². The van der Waals surface area contributed by atoms with Gasteiger partial charge in [-0.2, -0.15) is 0 Å². The minimum atomic E-state index is -0.0811. The molecule has 1 aliphatic heterocycles. The number of piperidine rings is 1. The summed E-state index contributed by atoms with van der Waals surface area (Å²) >= 11 is 0. The summed E-state index contributed by atoms with van der Waals surface area (Å²) < 4.78 is 0. The maximum Gasteiger partial charge on any atom is 0.269 e. The molecule has 0 radical (unpaired) electrons. The summed E-state index contributed by atoms with van der Waals surface area (Å²) in [6.07, 6.45) is 4.94. The van der Waals surface area contributed by atoms with Gasteiger partial charge in [0.15, 0.2) is 0 Å². The molecule has 4 heteroatoms. The molecule has 23 heavy (non-hydrogen) atoms. The van der Waals surface area contributed by atoms with Gasteiger partial charge >= 0.3 is 0 Å². The van der Waals surface area contributed by atoms with Gasteiger partial charge < -0.3 is 10.2 Å². The molecular weight excluding hydrogens is 286 g/mol. The maximum absolute atomic E-state index is 12.2. The smallest absolute Gasteiger partial charge is 0.269 e. The lowest BCUT2D eigenvalue weighted by Crippen LogP contribution is -2.39. The van der Waals surface area contributed by atoms with Gasteiger partial charge in [-0.1, -0.05) is 30.7 Å². The number of carbonyl (C=O) groups is 1. The average molecular weight is 311 g/mol. The van der Waals surface area contributed by atoms with Crippen molar-refractivity contribution in [1.82, 2.24) is 15.2 Å². The van der Waals surface area contributed by atoms with E-state index in [1.165, 1.54) is 25.8 Å². The fraction of sp³-hybridized carbons (Fsp3) is 0.474. The summed E-state index contributed by atoms with van der Waals surface area (Å²) in [6, 6.07) is 12.3. The van der Waals surface area contributed by atoms with Gasteiger partial charge in [0.25, 0.3) is 5.91 Å². The van der Waals surface area contributed by atoms with Gasteiger partial charge in [-0.3, -0.25) is 4.79 Å². The number of carbonyl (C=O) groups excluding carboxylic acids is 1. The Morgan fingerprint density at radius 2 is 2.13 bits per heavy atom. The van der Waals surface area contributed by atoms with Crippen LogP contribution in [0.25, 0.3) is 10.9 Å². The Hall–Kier alpha value is -1.94. The van der Waals surface area contributed by atoms with E-state index in [1.807, 2.05) is 30.3 Å². The predicted octanol–water partition coefficient (Wildman–Crippen LogP) is 3.23. The van der Waals surface area contributed by atoms with E-state index in [0.29, 0.717) is 18.3 Å². The lowest BCUT2D eigenvalue weighted by atomic mass is 10.0. The molecule has 0 bridgehead atoms. The van der Waals surface area contributed by atoms with Crippen LogP contribution in [-0.4, -0.2) is 41.5 Å². The topological polar surface area (TPSA) is 45.2 Å². The summed E-state index contributed by atoms with van der Waals surface area (Å²) in [5.41, 5.74) is 1.36. The number of nitrogens with zero attached hydrogens (tertiary/aromatic N) is 2. The molecular formula is C19H25N3O. The Balaban J connectivity index is 1.48. The lowest BCUT2D eigenvalue weighted by molar-refractivity contribution is 0.0944. The van der Waals surface area contributed by atoms with Crippen molar-refractivity contribution in [2.45, 2.75) is 38.6 Å². The van der Waals surface area contributed by atoms with Gasteiger partial charge in [-0.25, -0.2) is 4.98 Å². The highest BCUT2D eigenvalue weighted by Gasteiger charge is 2.17. The SMILES string of the molecule is C[C@@H]1CCCCN1CCCNC(=O)c1ccc2ccccc2n1. The number of hydrogen-bond acceptors (Lipinski definition) is 3. The van der Waals surface area contributed by atoms with Crippen LogP contribution in [0.1, 0.15) is 43.1 Å². The van der Waals surface area contributed by atoms with E-state index >= 15 is 0 Å². The molecule has 4 nitrogen and oxygen atoms in total. The Labute approximate surface area is 137 Å². The molecule has 122 valence electrons. The van der Waals surface area contributed by atoms with Crippen LogP contribution in [0.3, 0.4) is 0 Å². The second kappa shape index (κ2) is 7.55. The van der Waals surface area contributed by atoms with E-state index in [0.717, 1.165) is 23.9 Å². The molecule has 0 spiro atoms. The Morgan fingerprint density at radius 3 is 3.00 bits per heavy atom. The number of hydrogen-bond donors (Lipinski definition) is 1. The largest absolute Gasteiger partial charge is 0.351 e. The zero-order chi connectivity index (χ0) is 16.1. The maximum atomic E-state index is 12.2. The van der Waals surface area contributed by atoms with Gasteiger partial charge in [0, 0.05) is 24.5 Å². The van der Waals surface area contributed by atoms with E-state index in [9.17, 15) is 4.79 Å². The van der Waals surface area contributed by atoms with Crippen LogP contribution >= 0.6 is 0 Å².